The maximum Gasteiger partial charge on any atom is 0.238 e. The average molecular weight is 278 g/mol. The van der Waals surface area contributed by atoms with Crippen molar-refractivity contribution in [1.29, 1.82) is 5.26 Å². The predicted molar refractivity (Wildman–Crippen MR) is 76.1 cm³/mol. The highest BCUT2D eigenvalue weighted by atomic mass is 16.3. The number of benzene rings is 1. The van der Waals surface area contributed by atoms with E-state index in [1.807, 2.05) is 6.07 Å². The van der Waals surface area contributed by atoms with Gasteiger partial charge in [-0.2, -0.15) is 10.2 Å². The Bertz CT molecular complexity index is 815. The third-order valence-corrected chi connectivity index (χ3v) is 2.80. The van der Waals surface area contributed by atoms with Crippen molar-refractivity contribution < 1.29 is 9.21 Å². The molecule has 1 N–H and O–H groups in total. The number of rotatable bonds is 3. The lowest BCUT2D eigenvalue weighted by Gasteiger charge is -2.03. The number of oxazole rings is 1. The largest absolute Gasteiger partial charge is 0.434 e. The van der Waals surface area contributed by atoms with Gasteiger partial charge in [-0.15, -0.1) is 0 Å². The summed E-state index contributed by atoms with van der Waals surface area (Å²) in [5.74, 6) is 0.0777. The first kappa shape index (κ1) is 12.8. The molecule has 21 heavy (non-hydrogen) atoms. The van der Waals surface area contributed by atoms with E-state index in [1.165, 1.54) is 0 Å². The van der Waals surface area contributed by atoms with E-state index in [0.717, 1.165) is 5.56 Å². The van der Waals surface area contributed by atoms with E-state index in [4.69, 9.17) is 9.68 Å². The summed E-state index contributed by atoms with van der Waals surface area (Å²) >= 11 is 0. The Labute approximate surface area is 120 Å². The summed E-state index contributed by atoms with van der Waals surface area (Å²) < 4.78 is 5.62. The number of carbonyl (C=O) groups is 1. The van der Waals surface area contributed by atoms with E-state index in [2.05, 4.69) is 15.3 Å². The number of hydrogen-bond donors (Lipinski definition) is 1. The highest BCUT2D eigenvalue weighted by Gasteiger charge is 2.09. The Morgan fingerprint density at radius 3 is 3.05 bits per heavy atom. The van der Waals surface area contributed by atoms with Crippen molar-refractivity contribution >= 4 is 22.8 Å². The Morgan fingerprint density at radius 2 is 2.24 bits per heavy atom. The number of nitriles is 1. The Kier molecular flexibility index (Phi) is 3.31. The lowest BCUT2D eigenvalue weighted by Crippen LogP contribution is -2.09. The van der Waals surface area contributed by atoms with Gasteiger partial charge in [0.2, 0.25) is 11.8 Å². The van der Waals surface area contributed by atoms with Gasteiger partial charge in [-0.25, -0.2) is 4.98 Å². The van der Waals surface area contributed by atoms with Crippen LogP contribution in [0.1, 0.15) is 6.42 Å². The lowest BCUT2D eigenvalue weighted by molar-refractivity contribution is -0.115. The molecule has 6 heteroatoms. The number of carbonyl (C=O) groups excluding carboxylic acids is 1. The second kappa shape index (κ2) is 5.43. The molecule has 6 nitrogen and oxygen atoms in total. The van der Waals surface area contributed by atoms with E-state index in [-0.39, 0.29) is 12.3 Å². The second-order valence-corrected chi connectivity index (χ2v) is 4.31. The van der Waals surface area contributed by atoms with E-state index < -0.39 is 0 Å². The standard InChI is InChI=1S/C15H10N4O2/c16-7-6-13(20)18-11-4-1-3-10(9-11)15-19-14-12(21-15)5-2-8-17-14/h1-5,8-9H,6H2,(H,18,20). The molecule has 0 aliphatic carbocycles. The monoisotopic (exact) mass is 278 g/mol. The Hall–Kier alpha value is -3.20. The minimum absolute atomic E-state index is 0.183. The van der Waals surface area contributed by atoms with Crippen molar-refractivity contribution in [2.24, 2.45) is 0 Å². The summed E-state index contributed by atoms with van der Waals surface area (Å²) in [4.78, 5) is 19.8. The summed E-state index contributed by atoms with van der Waals surface area (Å²) in [7, 11) is 0. The quantitative estimate of drug-likeness (QED) is 0.795. The van der Waals surface area contributed by atoms with Gasteiger partial charge in [0.05, 0.1) is 6.07 Å². The van der Waals surface area contributed by atoms with Gasteiger partial charge in [-0.1, -0.05) is 6.07 Å². The molecule has 0 fully saturated rings. The molecule has 2 heterocycles. The van der Waals surface area contributed by atoms with Crippen molar-refractivity contribution in [1.82, 2.24) is 9.97 Å². The number of anilines is 1. The van der Waals surface area contributed by atoms with Gasteiger partial charge in [0.1, 0.15) is 6.42 Å². The van der Waals surface area contributed by atoms with E-state index in [0.29, 0.717) is 22.8 Å². The predicted octanol–water partition coefficient (Wildman–Crippen LogP) is 2.74. The van der Waals surface area contributed by atoms with Crippen LogP contribution in [0.4, 0.5) is 5.69 Å². The van der Waals surface area contributed by atoms with Crippen LogP contribution in [0.3, 0.4) is 0 Å². The molecule has 2 aromatic heterocycles. The van der Waals surface area contributed by atoms with Crippen LogP contribution < -0.4 is 5.32 Å². The molecular weight excluding hydrogens is 268 g/mol. The number of nitrogens with zero attached hydrogens (tertiary/aromatic N) is 3. The fraction of sp³-hybridized carbons (Fsp3) is 0.0667. The fourth-order valence-corrected chi connectivity index (χ4v) is 1.90. The van der Waals surface area contributed by atoms with Crippen LogP contribution in [0.15, 0.2) is 47.0 Å². The smallest absolute Gasteiger partial charge is 0.238 e. The maximum atomic E-state index is 11.4. The molecule has 3 rings (SSSR count). The van der Waals surface area contributed by atoms with Gasteiger partial charge in [0, 0.05) is 17.4 Å². The third-order valence-electron chi connectivity index (χ3n) is 2.80. The summed E-state index contributed by atoms with van der Waals surface area (Å²) in [6.45, 7) is 0. The number of fused-ring (bicyclic) bond motifs is 1. The Morgan fingerprint density at radius 1 is 1.33 bits per heavy atom. The minimum Gasteiger partial charge on any atom is -0.434 e. The van der Waals surface area contributed by atoms with Crippen LogP contribution in [-0.4, -0.2) is 15.9 Å². The molecule has 0 saturated heterocycles. The van der Waals surface area contributed by atoms with E-state index >= 15 is 0 Å². The molecule has 0 atom stereocenters. The molecular formula is C15H10N4O2. The van der Waals surface area contributed by atoms with Crippen LogP contribution in [0, 0.1) is 11.3 Å². The van der Waals surface area contributed by atoms with Gasteiger partial charge in [-0.05, 0) is 30.3 Å². The van der Waals surface area contributed by atoms with Crippen molar-refractivity contribution in [2.75, 3.05) is 5.32 Å². The number of amides is 1. The summed E-state index contributed by atoms with van der Waals surface area (Å²) in [6, 6.07) is 12.4. The third kappa shape index (κ3) is 2.72. The SMILES string of the molecule is N#CCC(=O)Nc1cccc(-c2nc3ncccc3o2)c1. The van der Waals surface area contributed by atoms with Gasteiger partial charge in [0.15, 0.2) is 11.2 Å². The maximum absolute atomic E-state index is 11.4. The zero-order valence-corrected chi connectivity index (χ0v) is 10.9. The van der Waals surface area contributed by atoms with Crippen molar-refractivity contribution in [3.63, 3.8) is 0 Å². The van der Waals surface area contributed by atoms with Crippen molar-refractivity contribution in [2.45, 2.75) is 6.42 Å². The first-order valence-corrected chi connectivity index (χ1v) is 6.25. The first-order chi connectivity index (χ1) is 10.3. The summed E-state index contributed by atoms with van der Waals surface area (Å²) in [6.07, 6.45) is 1.46. The van der Waals surface area contributed by atoms with Gasteiger partial charge in [0.25, 0.3) is 0 Å². The first-order valence-electron chi connectivity index (χ1n) is 6.25. The molecule has 1 aromatic carbocycles. The number of nitrogens with one attached hydrogen (secondary N) is 1. The zero-order valence-electron chi connectivity index (χ0n) is 10.9. The molecule has 0 bridgehead atoms. The van der Waals surface area contributed by atoms with Crippen LogP contribution in [0.5, 0.6) is 0 Å². The van der Waals surface area contributed by atoms with Gasteiger partial charge >= 0.3 is 0 Å². The average Bonchev–Trinajstić information content (AvgIpc) is 2.91. The number of aromatic nitrogens is 2. The van der Waals surface area contributed by atoms with Crippen LogP contribution in [0.25, 0.3) is 22.7 Å². The number of hydrogen-bond acceptors (Lipinski definition) is 5. The normalized spacial score (nSPS) is 10.2. The zero-order chi connectivity index (χ0) is 14.7. The topological polar surface area (TPSA) is 91.8 Å². The molecule has 0 saturated carbocycles. The van der Waals surface area contributed by atoms with E-state index in [9.17, 15) is 4.79 Å². The van der Waals surface area contributed by atoms with Crippen molar-refractivity contribution in [3.05, 3.63) is 42.6 Å². The highest BCUT2D eigenvalue weighted by Crippen LogP contribution is 2.25. The molecule has 0 aliphatic rings. The molecule has 102 valence electrons. The number of pyridine rings is 1. The molecule has 0 unspecified atom stereocenters. The van der Waals surface area contributed by atoms with Crippen LogP contribution >= 0.6 is 0 Å². The fourth-order valence-electron chi connectivity index (χ4n) is 1.90. The van der Waals surface area contributed by atoms with Crippen molar-refractivity contribution in [3.8, 4) is 17.5 Å². The summed E-state index contributed by atoms with van der Waals surface area (Å²) in [5.41, 5.74) is 2.45. The molecule has 0 spiro atoms. The second-order valence-electron chi connectivity index (χ2n) is 4.31. The van der Waals surface area contributed by atoms with Crippen LogP contribution in [0.2, 0.25) is 0 Å². The van der Waals surface area contributed by atoms with E-state index in [1.54, 1.807) is 42.6 Å². The molecule has 3 aromatic rings. The molecule has 0 radical (unpaired) electrons. The lowest BCUT2D eigenvalue weighted by atomic mass is 10.2. The van der Waals surface area contributed by atoms with Gasteiger partial charge in [-0.3, -0.25) is 4.79 Å². The summed E-state index contributed by atoms with van der Waals surface area (Å²) in [5, 5.41) is 11.1. The van der Waals surface area contributed by atoms with Crippen LogP contribution in [-0.2, 0) is 4.79 Å². The molecule has 0 aliphatic heterocycles. The molecule has 1 amide bonds. The minimum atomic E-state index is -0.353. The Balaban J connectivity index is 1.92. The highest BCUT2D eigenvalue weighted by molar-refractivity contribution is 5.92. The van der Waals surface area contributed by atoms with Gasteiger partial charge < -0.3 is 9.73 Å².